The van der Waals surface area contributed by atoms with Crippen molar-refractivity contribution in [1.82, 2.24) is 0 Å². The highest BCUT2D eigenvalue weighted by Gasteiger charge is 2.15. The van der Waals surface area contributed by atoms with Gasteiger partial charge >= 0.3 is 0 Å². The fourth-order valence-electron chi connectivity index (χ4n) is 1.85. The summed E-state index contributed by atoms with van der Waals surface area (Å²) in [6, 6.07) is 7.78. The zero-order valence-corrected chi connectivity index (χ0v) is 9.84. The van der Waals surface area contributed by atoms with Crippen LogP contribution in [0.3, 0.4) is 0 Å². The van der Waals surface area contributed by atoms with Crippen LogP contribution < -0.4 is 4.74 Å². The minimum absolute atomic E-state index is 0.0360. The van der Waals surface area contributed by atoms with Crippen molar-refractivity contribution in [2.75, 3.05) is 13.2 Å². The summed E-state index contributed by atoms with van der Waals surface area (Å²) in [5.41, 5.74) is 0.968. The van der Waals surface area contributed by atoms with Crippen LogP contribution >= 0.6 is 0 Å². The van der Waals surface area contributed by atoms with Gasteiger partial charge in [0.1, 0.15) is 5.75 Å². The van der Waals surface area contributed by atoms with E-state index in [1.54, 1.807) is 6.08 Å². The lowest BCUT2D eigenvalue weighted by atomic mass is 10.1. The molecule has 1 aromatic rings. The molecule has 0 radical (unpaired) electrons. The maximum atomic E-state index is 8.79. The molecule has 92 valence electrons. The summed E-state index contributed by atoms with van der Waals surface area (Å²) in [4.78, 5) is 0. The number of aliphatic hydroxyl groups is 1. The van der Waals surface area contributed by atoms with Crippen LogP contribution in [0.1, 0.15) is 24.8 Å². The summed E-state index contributed by atoms with van der Waals surface area (Å²) in [6.07, 6.45) is 6.64. The molecule has 0 unspecified atom stereocenters. The Morgan fingerprint density at radius 3 is 3.00 bits per heavy atom. The number of hydrogen-bond donors (Lipinski definition) is 1. The molecular weight excluding hydrogens is 216 g/mol. The van der Waals surface area contributed by atoms with Crippen molar-refractivity contribution >= 4 is 6.08 Å². The zero-order chi connectivity index (χ0) is 11.9. The third-order valence-corrected chi connectivity index (χ3v) is 2.72. The molecule has 1 aliphatic rings. The number of aliphatic hydroxyl groups excluding tert-OH is 1. The highest BCUT2D eigenvalue weighted by Crippen LogP contribution is 2.24. The van der Waals surface area contributed by atoms with Gasteiger partial charge in [0.05, 0.1) is 13.2 Å². The smallest absolute Gasteiger partial charge is 0.199 e. The van der Waals surface area contributed by atoms with Gasteiger partial charge in [-0.3, -0.25) is 0 Å². The highest BCUT2D eigenvalue weighted by molar-refractivity contribution is 5.57. The summed E-state index contributed by atoms with van der Waals surface area (Å²) in [5.74, 6) is 0.809. The predicted molar refractivity (Wildman–Crippen MR) is 66.8 cm³/mol. The van der Waals surface area contributed by atoms with Crippen LogP contribution in [0.5, 0.6) is 5.75 Å². The van der Waals surface area contributed by atoms with E-state index in [4.69, 9.17) is 14.6 Å². The Kier molecular flexibility index (Phi) is 4.59. The van der Waals surface area contributed by atoms with Gasteiger partial charge in [0.2, 0.25) is 0 Å². The molecule has 0 saturated carbocycles. The van der Waals surface area contributed by atoms with E-state index in [0.717, 1.165) is 37.2 Å². The number of hydrogen-bond acceptors (Lipinski definition) is 3. The molecule has 1 aliphatic heterocycles. The number of para-hydroxylation sites is 1. The van der Waals surface area contributed by atoms with Crippen molar-refractivity contribution in [1.29, 1.82) is 0 Å². The predicted octanol–water partition coefficient (Wildman–Crippen LogP) is 2.60. The van der Waals surface area contributed by atoms with Crippen molar-refractivity contribution in [2.45, 2.75) is 25.6 Å². The lowest BCUT2D eigenvalue weighted by Gasteiger charge is -2.24. The first-order chi connectivity index (χ1) is 8.40. The van der Waals surface area contributed by atoms with Gasteiger partial charge in [-0.25, -0.2) is 0 Å². The third kappa shape index (κ3) is 3.58. The van der Waals surface area contributed by atoms with E-state index in [2.05, 4.69) is 0 Å². The van der Waals surface area contributed by atoms with E-state index < -0.39 is 0 Å². The fourth-order valence-corrected chi connectivity index (χ4v) is 1.85. The molecule has 0 amide bonds. The second-order valence-electron chi connectivity index (χ2n) is 4.04. The monoisotopic (exact) mass is 234 g/mol. The minimum atomic E-state index is -0.132. The standard InChI is InChI=1S/C14H18O3/c15-10-5-7-12-6-1-2-8-13(12)17-14-9-3-4-11-16-14/h1-2,5-8,14-15H,3-4,9-11H2/b7-5+/t14-/m0/s1. The highest BCUT2D eigenvalue weighted by atomic mass is 16.7. The van der Waals surface area contributed by atoms with Crippen molar-refractivity contribution < 1.29 is 14.6 Å². The fraction of sp³-hybridized carbons (Fsp3) is 0.429. The van der Waals surface area contributed by atoms with Gasteiger partial charge in [0.15, 0.2) is 6.29 Å². The molecule has 2 rings (SSSR count). The Morgan fingerprint density at radius 1 is 1.35 bits per heavy atom. The molecule has 3 heteroatoms. The maximum absolute atomic E-state index is 8.79. The van der Waals surface area contributed by atoms with Crippen LogP contribution in [-0.2, 0) is 4.74 Å². The topological polar surface area (TPSA) is 38.7 Å². The Morgan fingerprint density at radius 2 is 2.24 bits per heavy atom. The van der Waals surface area contributed by atoms with Gasteiger partial charge in [-0.2, -0.15) is 0 Å². The molecule has 1 heterocycles. The number of rotatable bonds is 4. The van der Waals surface area contributed by atoms with E-state index in [0.29, 0.717) is 0 Å². The Hall–Kier alpha value is -1.32. The Labute approximate surface area is 102 Å². The summed E-state index contributed by atoms with van der Waals surface area (Å²) in [7, 11) is 0. The summed E-state index contributed by atoms with van der Waals surface area (Å²) < 4.78 is 11.4. The summed E-state index contributed by atoms with van der Waals surface area (Å²) >= 11 is 0. The van der Waals surface area contributed by atoms with Crippen molar-refractivity contribution in [2.24, 2.45) is 0 Å². The van der Waals surface area contributed by atoms with Gasteiger partial charge in [0, 0.05) is 12.0 Å². The average Bonchev–Trinajstić information content (AvgIpc) is 2.39. The van der Waals surface area contributed by atoms with E-state index >= 15 is 0 Å². The molecule has 17 heavy (non-hydrogen) atoms. The van der Waals surface area contributed by atoms with E-state index in [-0.39, 0.29) is 12.9 Å². The third-order valence-electron chi connectivity index (χ3n) is 2.72. The molecule has 1 atom stereocenters. The molecule has 0 aliphatic carbocycles. The lowest BCUT2D eigenvalue weighted by molar-refractivity contribution is -0.106. The van der Waals surface area contributed by atoms with E-state index in [9.17, 15) is 0 Å². The van der Waals surface area contributed by atoms with Crippen LogP contribution in [0.2, 0.25) is 0 Å². The van der Waals surface area contributed by atoms with Crippen LogP contribution in [0, 0.1) is 0 Å². The number of benzene rings is 1. The van der Waals surface area contributed by atoms with Gasteiger partial charge in [-0.1, -0.05) is 30.4 Å². The molecule has 1 N–H and O–H groups in total. The van der Waals surface area contributed by atoms with Crippen molar-refractivity contribution in [3.63, 3.8) is 0 Å². The minimum Gasteiger partial charge on any atom is -0.464 e. The molecule has 1 aromatic carbocycles. The SMILES string of the molecule is OC/C=C/c1ccccc1O[C@H]1CCCCO1. The van der Waals surface area contributed by atoms with Gasteiger partial charge in [-0.05, 0) is 18.9 Å². The van der Waals surface area contributed by atoms with Crippen LogP contribution in [-0.4, -0.2) is 24.6 Å². The quantitative estimate of drug-likeness (QED) is 0.870. The Bertz CT molecular complexity index is 367. The van der Waals surface area contributed by atoms with Crippen LogP contribution in [0.4, 0.5) is 0 Å². The molecule has 0 spiro atoms. The van der Waals surface area contributed by atoms with Gasteiger partial charge < -0.3 is 14.6 Å². The first-order valence-electron chi connectivity index (χ1n) is 6.05. The van der Waals surface area contributed by atoms with Crippen molar-refractivity contribution in [3.05, 3.63) is 35.9 Å². The van der Waals surface area contributed by atoms with Crippen molar-refractivity contribution in [3.8, 4) is 5.75 Å². The summed E-state index contributed by atoms with van der Waals surface area (Å²) in [5, 5.41) is 8.79. The molecule has 0 bridgehead atoms. The van der Waals surface area contributed by atoms with Gasteiger partial charge in [0.25, 0.3) is 0 Å². The largest absolute Gasteiger partial charge is 0.464 e. The molecular formula is C14H18O3. The van der Waals surface area contributed by atoms with E-state index in [1.807, 2.05) is 30.3 Å². The second-order valence-corrected chi connectivity index (χ2v) is 4.04. The normalized spacial score (nSPS) is 20.6. The summed E-state index contributed by atoms with van der Waals surface area (Å²) in [6.45, 7) is 0.813. The first kappa shape index (κ1) is 12.1. The zero-order valence-electron chi connectivity index (χ0n) is 9.84. The van der Waals surface area contributed by atoms with E-state index in [1.165, 1.54) is 0 Å². The number of ether oxygens (including phenoxy) is 2. The average molecular weight is 234 g/mol. The molecule has 3 nitrogen and oxygen atoms in total. The molecule has 0 aromatic heterocycles. The van der Waals surface area contributed by atoms with Gasteiger partial charge in [-0.15, -0.1) is 0 Å². The first-order valence-corrected chi connectivity index (χ1v) is 6.05. The maximum Gasteiger partial charge on any atom is 0.199 e. The Balaban J connectivity index is 2.05. The molecule has 1 fully saturated rings. The second kappa shape index (κ2) is 6.42. The lowest BCUT2D eigenvalue weighted by Crippen LogP contribution is -2.25. The van der Waals surface area contributed by atoms with Crippen LogP contribution in [0.25, 0.3) is 6.08 Å². The van der Waals surface area contributed by atoms with Crippen LogP contribution in [0.15, 0.2) is 30.3 Å². The molecule has 1 saturated heterocycles.